The summed E-state index contributed by atoms with van der Waals surface area (Å²) in [6, 6.07) is -1.04. The summed E-state index contributed by atoms with van der Waals surface area (Å²) in [5.74, 6) is 0.0886. The third kappa shape index (κ3) is 21.3. The minimum Gasteiger partial charge on any atom is -0.478 e. The summed E-state index contributed by atoms with van der Waals surface area (Å²) in [7, 11) is 0. The number of unbranched alkanes of at least 4 members (excludes halogenated alkanes) is 3. The van der Waals surface area contributed by atoms with E-state index in [0.29, 0.717) is 26.1 Å². The maximum Gasteiger partial charge on any atom is 0.327 e. The molecule has 0 aliphatic heterocycles. The predicted octanol–water partition coefficient (Wildman–Crippen LogP) is 2.05. The Morgan fingerprint density at radius 3 is 1.52 bits per heavy atom. The van der Waals surface area contributed by atoms with Crippen LogP contribution < -0.4 is 11.5 Å². The number of carboxylic acids is 1. The fourth-order valence-corrected chi connectivity index (χ4v) is 2.82. The molecule has 0 aliphatic rings. The van der Waals surface area contributed by atoms with Gasteiger partial charge in [-0.2, -0.15) is 23.5 Å². The summed E-state index contributed by atoms with van der Waals surface area (Å²) in [5, 5.41) is 7.60. The number of esters is 2. The summed E-state index contributed by atoms with van der Waals surface area (Å²) in [4.78, 5) is 32.4. The Morgan fingerprint density at radius 2 is 1.24 bits per heavy atom. The first-order valence-corrected chi connectivity index (χ1v) is 12.3. The average molecular weight is 453 g/mol. The monoisotopic (exact) mass is 452 g/mol. The zero-order chi connectivity index (χ0) is 22.5. The molecule has 0 amide bonds. The molecule has 8 nitrogen and oxygen atoms in total. The topological polar surface area (TPSA) is 142 Å². The minimum absolute atomic E-state index is 0.322. The van der Waals surface area contributed by atoms with Crippen LogP contribution in [-0.4, -0.2) is 72.3 Å². The van der Waals surface area contributed by atoms with Crippen molar-refractivity contribution in [1.29, 1.82) is 0 Å². The largest absolute Gasteiger partial charge is 0.478 e. The molecule has 5 N–H and O–H groups in total. The van der Waals surface area contributed by atoms with E-state index in [-0.39, 0.29) is 11.9 Å². The standard InChI is InChI=1S/C16H32N2O4S2.C3H4O2/c1-23-11-7-13(17)15(19)21-9-5-3-4-6-10-22-16(20)14(18)8-12-24-2;1-2-3(4)5/h13-14H,3-12,17-18H2,1-2H3;2H,1H2,(H,4,5)/t13-,14-;/m0./s1. The number of carbonyl (C=O) groups is 3. The predicted molar refractivity (Wildman–Crippen MR) is 120 cm³/mol. The van der Waals surface area contributed by atoms with Gasteiger partial charge >= 0.3 is 17.9 Å². The van der Waals surface area contributed by atoms with E-state index in [2.05, 4.69) is 6.58 Å². The highest BCUT2D eigenvalue weighted by Gasteiger charge is 2.14. The highest BCUT2D eigenvalue weighted by molar-refractivity contribution is 7.98. The smallest absolute Gasteiger partial charge is 0.327 e. The van der Waals surface area contributed by atoms with Crippen LogP contribution in [0.25, 0.3) is 0 Å². The van der Waals surface area contributed by atoms with E-state index in [9.17, 15) is 14.4 Å². The Balaban J connectivity index is 0. The first kappa shape index (κ1) is 30.0. The van der Waals surface area contributed by atoms with E-state index in [0.717, 1.165) is 43.3 Å². The highest BCUT2D eigenvalue weighted by Crippen LogP contribution is 2.05. The van der Waals surface area contributed by atoms with Crippen molar-refractivity contribution in [2.45, 2.75) is 50.6 Å². The van der Waals surface area contributed by atoms with Crippen molar-refractivity contribution in [3.63, 3.8) is 0 Å². The van der Waals surface area contributed by atoms with E-state index >= 15 is 0 Å². The van der Waals surface area contributed by atoms with E-state index in [1.54, 1.807) is 23.5 Å². The lowest BCUT2D eigenvalue weighted by Gasteiger charge is -2.11. The van der Waals surface area contributed by atoms with E-state index in [1.807, 2.05) is 12.5 Å². The molecule has 170 valence electrons. The zero-order valence-corrected chi connectivity index (χ0v) is 19.1. The third-order valence-electron chi connectivity index (χ3n) is 3.57. The van der Waals surface area contributed by atoms with E-state index in [4.69, 9.17) is 26.0 Å². The number of ether oxygens (including phenoxy) is 2. The molecule has 0 saturated heterocycles. The first-order valence-electron chi connectivity index (χ1n) is 9.47. The van der Waals surface area contributed by atoms with Gasteiger partial charge in [-0.3, -0.25) is 9.59 Å². The molecule has 10 heteroatoms. The van der Waals surface area contributed by atoms with Gasteiger partial charge in [-0.1, -0.05) is 6.58 Å². The van der Waals surface area contributed by atoms with Crippen molar-refractivity contribution in [3.05, 3.63) is 12.7 Å². The molecule has 0 saturated carbocycles. The second-order valence-electron chi connectivity index (χ2n) is 6.07. The molecule has 0 fully saturated rings. The molecule has 0 unspecified atom stereocenters. The van der Waals surface area contributed by atoms with Gasteiger partial charge in [0, 0.05) is 6.08 Å². The van der Waals surface area contributed by atoms with Crippen LogP contribution in [0.5, 0.6) is 0 Å². The van der Waals surface area contributed by atoms with Gasteiger partial charge in [0.05, 0.1) is 13.2 Å². The molecule has 0 rings (SSSR count). The van der Waals surface area contributed by atoms with Crippen LogP contribution in [0.2, 0.25) is 0 Å². The molecule has 0 aliphatic carbocycles. The number of aliphatic carboxylic acids is 1. The maximum atomic E-state index is 11.6. The van der Waals surface area contributed by atoms with Crippen LogP contribution in [0, 0.1) is 0 Å². The Bertz CT molecular complexity index is 434. The lowest BCUT2D eigenvalue weighted by Crippen LogP contribution is -2.33. The summed E-state index contributed by atoms with van der Waals surface area (Å²) < 4.78 is 10.3. The van der Waals surface area contributed by atoms with E-state index < -0.39 is 18.1 Å². The molecule has 0 aromatic heterocycles. The van der Waals surface area contributed by atoms with Crippen molar-refractivity contribution in [2.24, 2.45) is 11.5 Å². The quantitative estimate of drug-likeness (QED) is 0.181. The van der Waals surface area contributed by atoms with Crippen LogP contribution in [0.1, 0.15) is 38.5 Å². The van der Waals surface area contributed by atoms with Gasteiger partial charge in [0.1, 0.15) is 12.1 Å². The van der Waals surface area contributed by atoms with Gasteiger partial charge in [0.2, 0.25) is 0 Å². The Labute approximate surface area is 182 Å². The van der Waals surface area contributed by atoms with Gasteiger partial charge < -0.3 is 26.0 Å². The molecule has 0 radical (unpaired) electrons. The summed E-state index contributed by atoms with van der Waals surface area (Å²) >= 11 is 3.32. The fraction of sp³-hybridized carbons (Fsp3) is 0.737. The molecule has 0 aromatic carbocycles. The summed E-state index contributed by atoms with van der Waals surface area (Å²) in [6.45, 7) is 3.75. The second kappa shape index (κ2) is 21.5. The first-order chi connectivity index (χ1) is 13.8. The number of hydrogen-bond acceptors (Lipinski definition) is 9. The fourth-order valence-electron chi connectivity index (χ4n) is 1.84. The van der Waals surface area contributed by atoms with Crippen molar-refractivity contribution in [1.82, 2.24) is 0 Å². The van der Waals surface area contributed by atoms with Gasteiger partial charge in [-0.15, -0.1) is 0 Å². The molecular weight excluding hydrogens is 416 g/mol. The van der Waals surface area contributed by atoms with Crippen LogP contribution in [0.3, 0.4) is 0 Å². The van der Waals surface area contributed by atoms with Crippen molar-refractivity contribution in [2.75, 3.05) is 37.2 Å². The molecule has 0 aromatic rings. The SMILES string of the molecule is C=CC(=O)O.CSCC[C@H](N)C(=O)OCCCCCCOC(=O)[C@@H](N)CCSC. The van der Waals surface area contributed by atoms with Gasteiger partial charge in [-0.25, -0.2) is 4.79 Å². The number of hydrogen-bond donors (Lipinski definition) is 3. The molecular formula is C19H36N2O6S2. The number of carboxylic acid groups (broad SMARTS) is 1. The summed E-state index contributed by atoms with van der Waals surface area (Å²) in [6.07, 6.45) is 9.51. The Morgan fingerprint density at radius 1 is 0.897 bits per heavy atom. The Kier molecular flexibility index (Phi) is 22.2. The van der Waals surface area contributed by atoms with Crippen LogP contribution in [0.15, 0.2) is 12.7 Å². The maximum absolute atomic E-state index is 11.6. The van der Waals surface area contributed by atoms with Crippen LogP contribution >= 0.6 is 23.5 Å². The molecule has 0 bridgehead atoms. The number of nitrogens with two attached hydrogens (primary N) is 2. The molecule has 29 heavy (non-hydrogen) atoms. The van der Waals surface area contributed by atoms with Gasteiger partial charge in [0.25, 0.3) is 0 Å². The number of thioether (sulfide) groups is 2. The molecule has 0 heterocycles. The number of carbonyl (C=O) groups excluding carboxylic acids is 2. The Hall–Kier alpha value is -1.23. The van der Waals surface area contributed by atoms with Gasteiger partial charge in [-0.05, 0) is 62.5 Å². The van der Waals surface area contributed by atoms with Crippen molar-refractivity contribution < 1.29 is 29.0 Å². The normalized spacial score (nSPS) is 12.1. The van der Waals surface area contributed by atoms with Gasteiger partial charge in [0.15, 0.2) is 0 Å². The minimum atomic E-state index is -0.981. The summed E-state index contributed by atoms with van der Waals surface area (Å²) in [5.41, 5.74) is 11.4. The lowest BCUT2D eigenvalue weighted by molar-refractivity contribution is -0.146. The molecule has 0 spiro atoms. The van der Waals surface area contributed by atoms with Crippen LogP contribution in [-0.2, 0) is 23.9 Å². The highest BCUT2D eigenvalue weighted by atomic mass is 32.2. The second-order valence-corrected chi connectivity index (χ2v) is 8.04. The third-order valence-corrected chi connectivity index (χ3v) is 4.86. The van der Waals surface area contributed by atoms with E-state index in [1.165, 1.54) is 0 Å². The van der Waals surface area contributed by atoms with Crippen molar-refractivity contribution in [3.8, 4) is 0 Å². The lowest BCUT2D eigenvalue weighted by atomic mass is 10.2. The van der Waals surface area contributed by atoms with Crippen molar-refractivity contribution >= 4 is 41.4 Å². The zero-order valence-electron chi connectivity index (χ0n) is 17.5. The number of rotatable bonds is 16. The average Bonchev–Trinajstić information content (AvgIpc) is 2.71. The molecule has 2 atom stereocenters. The van der Waals surface area contributed by atoms with Crippen LogP contribution in [0.4, 0.5) is 0 Å².